The van der Waals surface area contributed by atoms with Gasteiger partial charge < -0.3 is 9.84 Å². The molecule has 0 radical (unpaired) electrons. The first-order valence-electron chi connectivity index (χ1n) is 7.03. The number of halogens is 1. The third kappa shape index (κ3) is 2.47. The molecule has 0 saturated carbocycles. The lowest BCUT2D eigenvalue weighted by atomic mass is 9.84. The number of morpholine rings is 1. The molecular formula is C15H20FNO2. The third-order valence-corrected chi connectivity index (χ3v) is 4.22. The molecule has 4 heteroatoms. The van der Waals surface area contributed by atoms with E-state index in [4.69, 9.17) is 4.74 Å². The van der Waals surface area contributed by atoms with E-state index in [0.717, 1.165) is 31.5 Å². The van der Waals surface area contributed by atoms with Gasteiger partial charge in [-0.3, -0.25) is 9.29 Å². The number of phenols is 1. The van der Waals surface area contributed by atoms with E-state index in [1.165, 1.54) is 5.56 Å². The summed E-state index contributed by atoms with van der Waals surface area (Å²) in [7, 11) is 0. The zero-order valence-electron chi connectivity index (χ0n) is 11.0. The maximum Gasteiger partial charge on any atom is 0.115 e. The van der Waals surface area contributed by atoms with E-state index in [-0.39, 0.29) is 12.8 Å². The fourth-order valence-electron chi connectivity index (χ4n) is 3.32. The van der Waals surface area contributed by atoms with Crippen molar-refractivity contribution >= 4 is 0 Å². The molecule has 0 unspecified atom stereocenters. The Kier molecular flexibility index (Phi) is 3.71. The Morgan fingerprint density at radius 2 is 2.32 bits per heavy atom. The maximum absolute atomic E-state index is 12.4. The van der Waals surface area contributed by atoms with Crippen molar-refractivity contribution in [3.63, 3.8) is 0 Å². The number of ether oxygens (including phenoxy) is 1. The fourth-order valence-corrected chi connectivity index (χ4v) is 3.32. The molecule has 3 rings (SSSR count). The summed E-state index contributed by atoms with van der Waals surface area (Å²) in [6, 6.07) is 5.88. The van der Waals surface area contributed by atoms with E-state index in [2.05, 4.69) is 4.90 Å². The topological polar surface area (TPSA) is 32.7 Å². The molecule has 19 heavy (non-hydrogen) atoms. The average molecular weight is 265 g/mol. The number of rotatable bonds is 3. The van der Waals surface area contributed by atoms with Crippen molar-refractivity contribution in [2.45, 2.75) is 31.4 Å². The number of nitrogens with zero attached hydrogens (tertiary/aromatic N) is 1. The predicted octanol–water partition coefficient (Wildman–Crippen LogP) is 2.44. The second-order valence-electron chi connectivity index (χ2n) is 5.36. The molecule has 2 aliphatic rings. The van der Waals surface area contributed by atoms with Gasteiger partial charge in [0.2, 0.25) is 0 Å². The molecule has 1 aromatic carbocycles. The minimum Gasteiger partial charge on any atom is -0.508 e. The van der Waals surface area contributed by atoms with Crippen LogP contribution in [0.4, 0.5) is 4.39 Å². The second-order valence-corrected chi connectivity index (χ2v) is 5.36. The van der Waals surface area contributed by atoms with Crippen LogP contribution < -0.4 is 0 Å². The van der Waals surface area contributed by atoms with Crippen molar-refractivity contribution in [2.24, 2.45) is 0 Å². The summed E-state index contributed by atoms with van der Waals surface area (Å²) in [5, 5.41) is 9.67. The van der Waals surface area contributed by atoms with Crippen LogP contribution >= 0.6 is 0 Å². The largest absolute Gasteiger partial charge is 0.508 e. The number of aryl methyl sites for hydroxylation is 1. The van der Waals surface area contributed by atoms with Crippen LogP contribution in [-0.2, 0) is 11.2 Å². The van der Waals surface area contributed by atoms with Crippen LogP contribution in [0.2, 0.25) is 0 Å². The van der Waals surface area contributed by atoms with E-state index in [1.54, 1.807) is 6.07 Å². The Balaban J connectivity index is 1.84. The molecule has 1 N–H and O–H groups in total. The molecule has 0 bridgehead atoms. The van der Waals surface area contributed by atoms with Crippen molar-refractivity contribution in [1.29, 1.82) is 0 Å². The Morgan fingerprint density at radius 3 is 3.16 bits per heavy atom. The van der Waals surface area contributed by atoms with Gasteiger partial charge in [0, 0.05) is 19.1 Å². The number of fused-ring (bicyclic) bond motifs is 3. The van der Waals surface area contributed by atoms with Gasteiger partial charge in [-0.25, -0.2) is 0 Å². The normalized spacial score (nSPS) is 26.8. The van der Waals surface area contributed by atoms with Gasteiger partial charge in [0.05, 0.1) is 19.4 Å². The number of aromatic hydroxyl groups is 1. The zero-order chi connectivity index (χ0) is 13.2. The molecule has 1 heterocycles. The van der Waals surface area contributed by atoms with Crippen LogP contribution in [0.25, 0.3) is 0 Å². The zero-order valence-corrected chi connectivity index (χ0v) is 11.0. The minimum absolute atomic E-state index is 0.0317. The van der Waals surface area contributed by atoms with Gasteiger partial charge in [-0.15, -0.1) is 0 Å². The molecule has 3 nitrogen and oxygen atoms in total. The molecular weight excluding hydrogens is 245 g/mol. The van der Waals surface area contributed by atoms with E-state index in [9.17, 15) is 9.50 Å². The summed E-state index contributed by atoms with van der Waals surface area (Å²) in [5.41, 5.74) is 2.38. The van der Waals surface area contributed by atoms with Crippen molar-refractivity contribution in [3.05, 3.63) is 29.3 Å². The van der Waals surface area contributed by atoms with Gasteiger partial charge in [-0.05, 0) is 42.5 Å². The van der Waals surface area contributed by atoms with Crippen LogP contribution in [0, 0.1) is 0 Å². The number of hydrogen-bond donors (Lipinski definition) is 1. The van der Waals surface area contributed by atoms with Gasteiger partial charge in [-0.1, -0.05) is 6.07 Å². The summed E-state index contributed by atoms with van der Waals surface area (Å²) in [4.78, 5) is 2.35. The van der Waals surface area contributed by atoms with Crippen LogP contribution in [0.5, 0.6) is 5.75 Å². The molecule has 1 fully saturated rings. The maximum atomic E-state index is 12.4. The quantitative estimate of drug-likeness (QED) is 0.911. The molecule has 2 atom stereocenters. The molecule has 1 saturated heterocycles. The minimum atomic E-state index is -0.258. The second kappa shape index (κ2) is 5.47. The first-order valence-corrected chi connectivity index (χ1v) is 7.03. The molecule has 1 aliphatic carbocycles. The Morgan fingerprint density at radius 1 is 1.42 bits per heavy atom. The van der Waals surface area contributed by atoms with E-state index in [1.807, 2.05) is 12.1 Å². The number of hydrogen-bond acceptors (Lipinski definition) is 3. The van der Waals surface area contributed by atoms with E-state index < -0.39 is 0 Å². The predicted molar refractivity (Wildman–Crippen MR) is 71.1 cm³/mol. The van der Waals surface area contributed by atoms with Crippen LogP contribution in [-0.4, -0.2) is 42.4 Å². The lowest BCUT2D eigenvalue weighted by Gasteiger charge is -2.44. The molecule has 0 spiro atoms. The van der Waals surface area contributed by atoms with Gasteiger partial charge in [0.15, 0.2) is 0 Å². The van der Waals surface area contributed by atoms with Crippen molar-refractivity contribution in [2.75, 3.05) is 26.4 Å². The SMILES string of the molecule is Oc1ccc2c(c1)[C@H]1OCCN(CCCF)[C@@H]1CC2. The van der Waals surface area contributed by atoms with Crippen molar-refractivity contribution in [1.82, 2.24) is 4.90 Å². The summed E-state index contributed by atoms with van der Waals surface area (Å²) >= 11 is 0. The summed E-state index contributed by atoms with van der Waals surface area (Å²) in [5.74, 6) is 0.295. The van der Waals surface area contributed by atoms with Crippen LogP contribution in [0.3, 0.4) is 0 Å². The summed E-state index contributed by atoms with van der Waals surface area (Å²) in [6.45, 7) is 2.11. The van der Waals surface area contributed by atoms with Gasteiger partial charge >= 0.3 is 0 Å². The lowest BCUT2D eigenvalue weighted by molar-refractivity contribution is -0.0808. The highest BCUT2D eigenvalue weighted by molar-refractivity contribution is 5.39. The highest BCUT2D eigenvalue weighted by Crippen LogP contribution is 2.39. The highest BCUT2D eigenvalue weighted by Gasteiger charge is 2.37. The Labute approximate surface area is 113 Å². The number of benzene rings is 1. The van der Waals surface area contributed by atoms with Gasteiger partial charge in [-0.2, -0.15) is 0 Å². The molecule has 0 aromatic heterocycles. The summed E-state index contributed by atoms with van der Waals surface area (Å²) in [6.07, 6.45) is 2.68. The average Bonchev–Trinajstić information content (AvgIpc) is 2.44. The number of phenolic OH excluding ortho intramolecular Hbond substituents is 1. The standard InChI is InChI=1S/C15H20FNO2/c16-6-1-7-17-8-9-19-15-13-10-12(18)4-2-11(13)3-5-14(15)17/h2,4,10,14-15,18H,1,3,5-9H2/t14-,15-/m1/s1. The molecule has 1 aliphatic heterocycles. The molecule has 0 amide bonds. The lowest BCUT2D eigenvalue weighted by Crippen LogP contribution is -2.49. The van der Waals surface area contributed by atoms with Crippen LogP contribution in [0.15, 0.2) is 18.2 Å². The van der Waals surface area contributed by atoms with E-state index >= 15 is 0 Å². The number of alkyl halides is 1. The van der Waals surface area contributed by atoms with E-state index in [0.29, 0.717) is 24.8 Å². The fraction of sp³-hybridized carbons (Fsp3) is 0.600. The van der Waals surface area contributed by atoms with Crippen molar-refractivity contribution in [3.8, 4) is 5.75 Å². The summed E-state index contributed by atoms with van der Waals surface area (Å²) < 4.78 is 18.3. The highest BCUT2D eigenvalue weighted by atomic mass is 19.1. The molecule has 104 valence electrons. The molecule has 1 aromatic rings. The first-order chi connectivity index (χ1) is 9.29. The monoisotopic (exact) mass is 265 g/mol. The van der Waals surface area contributed by atoms with Gasteiger partial charge in [0.25, 0.3) is 0 Å². The van der Waals surface area contributed by atoms with Crippen molar-refractivity contribution < 1.29 is 14.2 Å². The smallest absolute Gasteiger partial charge is 0.115 e. The van der Waals surface area contributed by atoms with Gasteiger partial charge in [0.1, 0.15) is 5.75 Å². The Bertz CT molecular complexity index is 452. The van der Waals surface area contributed by atoms with Crippen LogP contribution in [0.1, 0.15) is 30.1 Å². The first kappa shape index (κ1) is 12.9. The third-order valence-electron chi connectivity index (χ3n) is 4.22. The Hall–Kier alpha value is -1.13.